The third-order valence-electron chi connectivity index (χ3n) is 4.67. The Labute approximate surface area is 165 Å². The van der Waals surface area contributed by atoms with Crippen LogP contribution in [0, 0.1) is 26.7 Å². The van der Waals surface area contributed by atoms with E-state index in [1.807, 2.05) is 26.0 Å². The fourth-order valence-corrected chi connectivity index (χ4v) is 6.45. The molecule has 1 atom stereocenters. The van der Waals surface area contributed by atoms with E-state index >= 15 is 0 Å². The summed E-state index contributed by atoms with van der Waals surface area (Å²) in [5.41, 5.74) is 2.78. The van der Waals surface area contributed by atoms with E-state index in [-0.39, 0.29) is 16.3 Å². The van der Waals surface area contributed by atoms with E-state index in [1.54, 1.807) is 19.9 Å². The third kappa shape index (κ3) is 3.64. The Balaban J connectivity index is 1.97. The average Bonchev–Trinajstić information content (AvgIpc) is 2.77. The maximum Gasteiger partial charge on any atom is 0.262 e. The summed E-state index contributed by atoms with van der Waals surface area (Å²) in [6, 6.07) is 9.46. The van der Waals surface area contributed by atoms with Gasteiger partial charge in [0.2, 0.25) is 15.9 Å². The highest BCUT2D eigenvalue weighted by Crippen LogP contribution is 2.31. The Morgan fingerprint density at radius 1 is 1.04 bits per heavy atom. The number of amides is 1. The maximum absolute atomic E-state index is 12.8. The zero-order valence-corrected chi connectivity index (χ0v) is 17.7. The van der Waals surface area contributed by atoms with Crippen LogP contribution in [-0.2, 0) is 24.8 Å². The summed E-state index contributed by atoms with van der Waals surface area (Å²) >= 11 is 0. The largest absolute Gasteiger partial charge is 0.279 e. The van der Waals surface area contributed by atoms with Crippen LogP contribution in [0.2, 0.25) is 0 Å². The Morgan fingerprint density at radius 2 is 1.71 bits per heavy atom. The number of anilines is 2. The van der Waals surface area contributed by atoms with Crippen LogP contribution in [0.15, 0.2) is 41.3 Å². The van der Waals surface area contributed by atoms with Crippen molar-refractivity contribution in [3.05, 3.63) is 53.1 Å². The first kappa shape index (κ1) is 20.3. The molecule has 1 N–H and O–H groups in total. The van der Waals surface area contributed by atoms with Gasteiger partial charge in [-0.25, -0.2) is 21.1 Å². The predicted octanol–water partition coefficient (Wildman–Crippen LogP) is 2.73. The molecule has 0 spiro atoms. The quantitative estimate of drug-likeness (QED) is 0.816. The lowest BCUT2D eigenvalue weighted by atomic mass is 10.1. The van der Waals surface area contributed by atoms with Crippen LogP contribution in [0.5, 0.6) is 0 Å². The molecule has 1 amide bonds. The molecule has 28 heavy (non-hydrogen) atoms. The summed E-state index contributed by atoms with van der Waals surface area (Å²) < 4.78 is 53.5. The molecule has 0 bridgehead atoms. The normalized spacial score (nSPS) is 19.1. The van der Waals surface area contributed by atoms with E-state index in [9.17, 15) is 21.6 Å². The molecular weight excluding hydrogens is 400 g/mol. The highest BCUT2D eigenvalue weighted by Gasteiger charge is 2.42. The van der Waals surface area contributed by atoms with Gasteiger partial charge in [-0.05, 0) is 56.2 Å². The number of carbonyl (C=O) groups is 1. The van der Waals surface area contributed by atoms with Crippen molar-refractivity contribution in [2.75, 3.05) is 14.8 Å². The third-order valence-corrected chi connectivity index (χ3v) is 8.06. The number of aryl methyl sites for hydroxylation is 3. The van der Waals surface area contributed by atoms with Gasteiger partial charge in [-0.3, -0.25) is 9.52 Å². The van der Waals surface area contributed by atoms with Crippen LogP contribution in [0.3, 0.4) is 0 Å². The van der Waals surface area contributed by atoms with Gasteiger partial charge in [0.25, 0.3) is 10.0 Å². The monoisotopic (exact) mass is 422 g/mol. The van der Waals surface area contributed by atoms with Crippen LogP contribution in [0.25, 0.3) is 0 Å². The van der Waals surface area contributed by atoms with E-state index in [0.29, 0.717) is 11.3 Å². The molecule has 1 heterocycles. The first-order valence-electron chi connectivity index (χ1n) is 8.70. The molecular formula is C19H22N2O5S2. The van der Waals surface area contributed by atoms with Gasteiger partial charge < -0.3 is 0 Å². The highest BCUT2D eigenvalue weighted by molar-refractivity contribution is 7.94. The van der Waals surface area contributed by atoms with Crippen LogP contribution < -0.4 is 9.03 Å². The first-order valence-corrected chi connectivity index (χ1v) is 11.8. The average molecular weight is 423 g/mol. The zero-order valence-electron chi connectivity index (χ0n) is 16.1. The van der Waals surface area contributed by atoms with Gasteiger partial charge in [-0.2, -0.15) is 0 Å². The van der Waals surface area contributed by atoms with Crippen molar-refractivity contribution >= 4 is 37.3 Å². The topological polar surface area (TPSA) is 101 Å². The molecule has 1 fully saturated rings. The van der Waals surface area contributed by atoms with Gasteiger partial charge in [0.05, 0.1) is 27.9 Å². The second-order valence-corrected chi connectivity index (χ2v) is 10.7. The Kier molecular flexibility index (Phi) is 5.01. The predicted molar refractivity (Wildman–Crippen MR) is 108 cm³/mol. The molecule has 2 aromatic carbocycles. The maximum atomic E-state index is 12.8. The van der Waals surface area contributed by atoms with Gasteiger partial charge in [0, 0.05) is 0 Å². The van der Waals surface area contributed by atoms with Crippen LogP contribution >= 0.6 is 0 Å². The summed E-state index contributed by atoms with van der Waals surface area (Å²) in [6.07, 6.45) is 0. The Hall–Kier alpha value is -2.39. The van der Waals surface area contributed by atoms with E-state index < -0.39 is 31.9 Å². The summed E-state index contributed by atoms with van der Waals surface area (Å²) in [5, 5.41) is 0. The summed E-state index contributed by atoms with van der Waals surface area (Å²) in [7, 11) is -7.62. The lowest BCUT2D eigenvalue weighted by Gasteiger charge is -2.18. The van der Waals surface area contributed by atoms with Crippen molar-refractivity contribution in [3.8, 4) is 0 Å². The fourth-order valence-electron chi connectivity index (χ4n) is 3.28. The summed E-state index contributed by atoms with van der Waals surface area (Å²) in [5.74, 6) is -1.39. The molecule has 1 unspecified atom stereocenters. The highest BCUT2D eigenvalue weighted by atomic mass is 32.2. The second kappa shape index (κ2) is 6.89. The minimum absolute atomic E-state index is 0.0216. The number of hydrogen-bond acceptors (Lipinski definition) is 5. The molecule has 3 rings (SSSR count). The Morgan fingerprint density at radius 3 is 2.25 bits per heavy atom. The van der Waals surface area contributed by atoms with Crippen molar-refractivity contribution < 1.29 is 21.6 Å². The Bertz CT molecular complexity index is 1170. The second-order valence-electron chi connectivity index (χ2n) is 7.16. The van der Waals surface area contributed by atoms with Gasteiger partial charge in [0.15, 0.2) is 0 Å². The van der Waals surface area contributed by atoms with Crippen molar-refractivity contribution in [3.63, 3.8) is 0 Å². The first-order chi connectivity index (χ1) is 12.9. The number of benzene rings is 2. The number of nitrogens with one attached hydrogen (secondary N) is 1. The number of rotatable bonds is 4. The van der Waals surface area contributed by atoms with Crippen molar-refractivity contribution in [1.29, 1.82) is 0 Å². The molecule has 1 aliphatic rings. The number of hydrogen-bond donors (Lipinski definition) is 1. The molecule has 2 aromatic rings. The lowest BCUT2D eigenvalue weighted by Crippen LogP contribution is -2.30. The van der Waals surface area contributed by atoms with Crippen LogP contribution in [-0.4, -0.2) is 28.5 Å². The number of carbonyl (C=O) groups excluding carboxylic acids is 1. The molecule has 9 heteroatoms. The molecule has 150 valence electrons. The molecule has 7 nitrogen and oxygen atoms in total. The van der Waals surface area contributed by atoms with Gasteiger partial charge in [0.1, 0.15) is 0 Å². The molecule has 0 saturated carbocycles. The van der Waals surface area contributed by atoms with Gasteiger partial charge >= 0.3 is 0 Å². The molecule has 0 radical (unpaired) electrons. The van der Waals surface area contributed by atoms with Crippen molar-refractivity contribution in [2.45, 2.75) is 32.6 Å². The molecule has 0 aromatic heterocycles. The van der Waals surface area contributed by atoms with Gasteiger partial charge in [-0.15, -0.1) is 0 Å². The minimum atomic E-state index is -3.88. The SMILES string of the molecule is Cc1ccc(NS(=O)(=O)c2ccc(N3C(=O)C(C)CS3(=O)=O)cc2C)c(C)c1. The number of sulfonamides is 2. The molecule has 0 aliphatic carbocycles. The van der Waals surface area contributed by atoms with Crippen molar-refractivity contribution in [1.82, 2.24) is 0 Å². The molecule has 1 saturated heterocycles. The van der Waals surface area contributed by atoms with E-state index in [1.165, 1.54) is 18.2 Å². The van der Waals surface area contributed by atoms with E-state index in [4.69, 9.17) is 0 Å². The van der Waals surface area contributed by atoms with Crippen molar-refractivity contribution in [2.24, 2.45) is 5.92 Å². The molecule has 1 aliphatic heterocycles. The van der Waals surface area contributed by atoms with Crippen LogP contribution in [0.1, 0.15) is 23.6 Å². The van der Waals surface area contributed by atoms with E-state index in [2.05, 4.69) is 4.72 Å². The van der Waals surface area contributed by atoms with Crippen LogP contribution in [0.4, 0.5) is 11.4 Å². The minimum Gasteiger partial charge on any atom is -0.279 e. The van der Waals surface area contributed by atoms with E-state index in [0.717, 1.165) is 15.4 Å². The zero-order chi connectivity index (χ0) is 20.9. The smallest absolute Gasteiger partial charge is 0.262 e. The standard InChI is InChI=1S/C19H22N2O5S2/c1-12-5-7-17(13(2)9-12)20-28(25,26)18-8-6-16(10-14(18)3)21-19(22)15(4)11-27(21,23)24/h5-10,15,20H,11H2,1-4H3. The summed E-state index contributed by atoms with van der Waals surface area (Å²) in [6.45, 7) is 6.85. The summed E-state index contributed by atoms with van der Waals surface area (Å²) in [4.78, 5) is 12.3. The van der Waals surface area contributed by atoms with Gasteiger partial charge in [-0.1, -0.05) is 24.6 Å². The lowest BCUT2D eigenvalue weighted by molar-refractivity contribution is -0.119. The fraction of sp³-hybridized carbons (Fsp3) is 0.316. The number of nitrogens with zero attached hydrogens (tertiary/aromatic N) is 1.